The van der Waals surface area contributed by atoms with E-state index in [1.165, 1.54) is 16.0 Å². The summed E-state index contributed by atoms with van der Waals surface area (Å²) >= 11 is 0. The van der Waals surface area contributed by atoms with Gasteiger partial charge in [0, 0.05) is 23.9 Å². The van der Waals surface area contributed by atoms with Crippen LogP contribution in [0.2, 0.25) is 0 Å². The Morgan fingerprint density at radius 1 is 1.03 bits per heavy atom. The predicted molar refractivity (Wildman–Crippen MR) is 131 cm³/mol. The highest BCUT2D eigenvalue weighted by Gasteiger charge is 2.30. The van der Waals surface area contributed by atoms with Gasteiger partial charge in [-0.3, -0.25) is 9.59 Å². The Balaban J connectivity index is 1.47. The summed E-state index contributed by atoms with van der Waals surface area (Å²) in [6, 6.07) is 16.2. The van der Waals surface area contributed by atoms with Crippen LogP contribution in [0.25, 0.3) is 11.1 Å². The number of alkyl carbamates (subject to hydrolysis) is 1. The van der Waals surface area contributed by atoms with Crippen molar-refractivity contribution in [1.82, 2.24) is 10.2 Å². The number of aliphatic carboxylic acids is 1. The Bertz CT molecular complexity index is 998. The molecule has 2 amide bonds. The fraction of sp³-hybridized carbons (Fsp3) is 0.444. The number of fused-ring (bicyclic) bond motifs is 3. The second-order valence-electron chi connectivity index (χ2n) is 9.81. The Kier molecular flexibility index (Phi) is 7.97. The topological polar surface area (TPSA) is 95.9 Å². The molecule has 0 fully saturated rings. The summed E-state index contributed by atoms with van der Waals surface area (Å²) in [5.41, 5.74) is 4.11. The lowest BCUT2D eigenvalue weighted by atomic mass is 9.98. The van der Waals surface area contributed by atoms with Crippen molar-refractivity contribution in [3.63, 3.8) is 0 Å². The molecule has 1 unspecified atom stereocenters. The Labute approximate surface area is 201 Å². The van der Waals surface area contributed by atoms with Crippen molar-refractivity contribution in [3.05, 3.63) is 59.7 Å². The van der Waals surface area contributed by atoms with E-state index in [-0.39, 0.29) is 37.4 Å². The van der Waals surface area contributed by atoms with Gasteiger partial charge in [0.25, 0.3) is 0 Å². The lowest BCUT2D eigenvalue weighted by Gasteiger charge is -2.34. The number of nitrogens with one attached hydrogen (secondary N) is 1. The van der Waals surface area contributed by atoms with Gasteiger partial charge in [-0.15, -0.1) is 0 Å². The molecule has 2 aromatic carbocycles. The first kappa shape index (κ1) is 25.3. The Morgan fingerprint density at radius 3 is 2.12 bits per heavy atom. The SMILES string of the molecule is CC(CCCC(=O)N(CC(=O)O)C(C)(C)C)NC(=O)OCC1c2ccccc2-c2ccccc21. The average molecular weight is 467 g/mol. The summed E-state index contributed by atoms with van der Waals surface area (Å²) in [5, 5.41) is 11.9. The third-order valence-electron chi connectivity index (χ3n) is 6.14. The average Bonchev–Trinajstić information content (AvgIpc) is 3.09. The van der Waals surface area contributed by atoms with Gasteiger partial charge >= 0.3 is 12.1 Å². The summed E-state index contributed by atoms with van der Waals surface area (Å²) < 4.78 is 5.57. The summed E-state index contributed by atoms with van der Waals surface area (Å²) in [4.78, 5) is 37.4. The van der Waals surface area contributed by atoms with Crippen LogP contribution in [0, 0.1) is 0 Å². The predicted octanol–water partition coefficient (Wildman–Crippen LogP) is 4.80. The number of ether oxygens (including phenoxy) is 1. The zero-order valence-corrected chi connectivity index (χ0v) is 20.3. The third kappa shape index (κ3) is 6.16. The summed E-state index contributed by atoms with van der Waals surface area (Å²) in [7, 11) is 0. The van der Waals surface area contributed by atoms with Gasteiger partial charge in [0.2, 0.25) is 5.91 Å². The van der Waals surface area contributed by atoms with Crippen molar-refractivity contribution in [2.45, 2.75) is 64.5 Å². The van der Waals surface area contributed by atoms with Crippen LogP contribution in [0.4, 0.5) is 4.79 Å². The molecule has 0 aromatic heterocycles. The molecule has 1 aliphatic rings. The summed E-state index contributed by atoms with van der Waals surface area (Å²) in [6.45, 7) is 7.24. The van der Waals surface area contributed by atoms with Crippen molar-refractivity contribution in [3.8, 4) is 11.1 Å². The van der Waals surface area contributed by atoms with E-state index in [9.17, 15) is 14.4 Å². The van der Waals surface area contributed by atoms with E-state index in [0.29, 0.717) is 12.8 Å². The Morgan fingerprint density at radius 2 is 1.59 bits per heavy atom. The number of nitrogens with zero attached hydrogens (tertiary/aromatic N) is 1. The van der Waals surface area contributed by atoms with Crippen molar-refractivity contribution >= 4 is 18.0 Å². The minimum absolute atomic E-state index is 0.00342. The van der Waals surface area contributed by atoms with E-state index in [1.54, 1.807) is 0 Å². The highest BCUT2D eigenvalue weighted by atomic mass is 16.5. The minimum Gasteiger partial charge on any atom is -0.480 e. The molecule has 2 aromatic rings. The van der Waals surface area contributed by atoms with Crippen LogP contribution in [-0.4, -0.2) is 52.7 Å². The molecule has 2 N–H and O–H groups in total. The fourth-order valence-electron chi connectivity index (χ4n) is 4.44. The van der Waals surface area contributed by atoms with Crippen LogP contribution >= 0.6 is 0 Å². The molecule has 0 heterocycles. The largest absolute Gasteiger partial charge is 0.480 e. The lowest BCUT2D eigenvalue weighted by molar-refractivity contribution is -0.148. The van der Waals surface area contributed by atoms with E-state index in [4.69, 9.17) is 9.84 Å². The Hall–Kier alpha value is -3.35. The van der Waals surface area contributed by atoms with Crippen LogP contribution in [-0.2, 0) is 14.3 Å². The summed E-state index contributed by atoms with van der Waals surface area (Å²) in [5.74, 6) is -1.24. The third-order valence-corrected chi connectivity index (χ3v) is 6.14. The molecule has 34 heavy (non-hydrogen) atoms. The van der Waals surface area contributed by atoms with Crippen LogP contribution in [0.5, 0.6) is 0 Å². The monoisotopic (exact) mass is 466 g/mol. The number of amides is 2. The van der Waals surface area contributed by atoms with E-state index >= 15 is 0 Å². The van der Waals surface area contributed by atoms with Crippen molar-refractivity contribution in [1.29, 1.82) is 0 Å². The number of hydrogen-bond donors (Lipinski definition) is 2. The van der Waals surface area contributed by atoms with Crippen molar-refractivity contribution in [2.24, 2.45) is 0 Å². The lowest BCUT2D eigenvalue weighted by Crippen LogP contribution is -2.48. The maximum Gasteiger partial charge on any atom is 0.407 e. The van der Waals surface area contributed by atoms with Gasteiger partial charge in [-0.1, -0.05) is 48.5 Å². The highest BCUT2D eigenvalue weighted by molar-refractivity contribution is 5.82. The van der Waals surface area contributed by atoms with Gasteiger partial charge in [-0.25, -0.2) is 4.79 Å². The number of benzene rings is 2. The van der Waals surface area contributed by atoms with E-state index in [1.807, 2.05) is 52.0 Å². The number of carbonyl (C=O) groups is 3. The minimum atomic E-state index is -1.03. The number of rotatable bonds is 9. The van der Waals surface area contributed by atoms with Gasteiger partial charge in [-0.05, 0) is 62.8 Å². The normalized spacial score (nSPS) is 13.5. The smallest absolute Gasteiger partial charge is 0.407 e. The molecular weight excluding hydrogens is 432 g/mol. The van der Waals surface area contributed by atoms with Gasteiger partial charge in [-0.2, -0.15) is 0 Å². The molecule has 3 rings (SSSR count). The second-order valence-corrected chi connectivity index (χ2v) is 9.81. The zero-order chi connectivity index (χ0) is 24.9. The highest BCUT2D eigenvalue weighted by Crippen LogP contribution is 2.44. The molecule has 7 heteroatoms. The second kappa shape index (κ2) is 10.7. The first-order valence-corrected chi connectivity index (χ1v) is 11.7. The van der Waals surface area contributed by atoms with E-state index < -0.39 is 17.6 Å². The maximum atomic E-state index is 12.5. The molecule has 182 valence electrons. The molecule has 0 saturated heterocycles. The van der Waals surface area contributed by atoms with Gasteiger partial charge in [0.1, 0.15) is 13.2 Å². The number of carboxylic acids is 1. The van der Waals surface area contributed by atoms with Crippen molar-refractivity contribution in [2.75, 3.05) is 13.2 Å². The number of carbonyl (C=O) groups excluding carboxylic acids is 2. The molecule has 0 saturated carbocycles. The molecule has 1 atom stereocenters. The van der Waals surface area contributed by atoms with Crippen molar-refractivity contribution < 1.29 is 24.2 Å². The molecule has 7 nitrogen and oxygen atoms in total. The first-order valence-electron chi connectivity index (χ1n) is 11.7. The van der Waals surface area contributed by atoms with Gasteiger partial charge in [0.05, 0.1) is 0 Å². The number of carboxylic acid groups (broad SMARTS) is 1. The zero-order valence-electron chi connectivity index (χ0n) is 20.3. The molecule has 0 bridgehead atoms. The van der Waals surface area contributed by atoms with Gasteiger partial charge in [0.15, 0.2) is 0 Å². The van der Waals surface area contributed by atoms with Crippen LogP contribution in [0.3, 0.4) is 0 Å². The number of hydrogen-bond acceptors (Lipinski definition) is 4. The first-order chi connectivity index (χ1) is 16.1. The summed E-state index contributed by atoms with van der Waals surface area (Å²) in [6.07, 6.45) is 0.862. The molecule has 1 aliphatic carbocycles. The fourth-order valence-corrected chi connectivity index (χ4v) is 4.44. The van der Waals surface area contributed by atoms with Crippen LogP contribution < -0.4 is 5.32 Å². The standard InChI is InChI=1S/C27H34N2O5/c1-18(10-9-15-24(30)29(16-25(31)32)27(2,3)4)28-26(33)34-17-23-21-13-7-5-11-19(21)20-12-6-8-14-22(20)23/h5-8,11-14,18,23H,9-10,15-17H2,1-4H3,(H,28,33)(H,31,32). The quantitative estimate of drug-likeness (QED) is 0.554. The molecule has 0 aliphatic heterocycles. The molecule has 0 radical (unpaired) electrons. The van der Waals surface area contributed by atoms with E-state index in [0.717, 1.165) is 11.1 Å². The van der Waals surface area contributed by atoms with Crippen LogP contribution in [0.1, 0.15) is 64.0 Å². The molecular formula is C27H34N2O5. The van der Waals surface area contributed by atoms with Crippen LogP contribution in [0.15, 0.2) is 48.5 Å². The molecule has 0 spiro atoms. The van der Waals surface area contributed by atoms with Gasteiger partial charge < -0.3 is 20.1 Å². The maximum absolute atomic E-state index is 12.5. The van der Waals surface area contributed by atoms with E-state index in [2.05, 4.69) is 29.6 Å².